The molecule has 0 bridgehead atoms. The maximum atomic E-state index is 11.7. The summed E-state index contributed by atoms with van der Waals surface area (Å²) in [5.74, 6) is -3.17. The Hall–Kier alpha value is -4.33. The zero-order valence-corrected chi connectivity index (χ0v) is 14.7. The van der Waals surface area contributed by atoms with Gasteiger partial charge in [-0.2, -0.15) is 0 Å². The van der Waals surface area contributed by atoms with Crippen molar-refractivity contribution in [1.29, 1.82) is 0 Å². The van der Waals surface area contributed by atoms with Gasteiger partial charge >= 0.3 is 17.9 Å². The molecule has 8 nitrogen and oxygen atoms in total. The van der Waals surface area contributed by atoms with Crippen LogP contribution in [0.15, 0.2) is 60.7 Å². The molecule has 0 unspecified atom stereocenters. The first-order chi connectivity index (χ1) is 13.9. The number of rotatable bonds is 4. The van der Waals surface area contributed by atoms with Crippen LogP contribution in [0.25, 0.3) is 0 Å². The van der Waals surface area contributed by atoms with Gasteiger partial charge < -0.3 is 25.0 Å². The summed E-state index contributed by atoms with van der Waals surface area (Å²) >= 11 is 0. The number of benzene rings is 3. The monoisotopic (exact) mass is 391 g/mol. The quantitative estimate of drug-likeness (QED) is 0.469. The van der Waals surface area contributed by atoms with Crippen molar-refractivity contribution in [3.8, 4) is 11.5 Å². The third-order valence-electron chi connectivity index (χ3n) is 4.50. The van der Waals surface area contributed by atoms with E-state index in [0.717, 1.165) is 0 Å². The molecule has 144 valence electrons. The van der Waals surface area contributed by atoms with Gasteiger partial charge in [-0.05, 0) is 54.6 Å². The minimum atomic E-state index is -1.19. The smallest absolute Gasteiger partial charge is 0.339 e. The minimum Gasteiger partial charge on any atom is -0.478 e. The molecule has 0 saturated heterocycles. The average Bonchev–Trinajstić information content (AvgIpc) is 2.71. The molecule has 1 aliphatic rings. The highest BCUT2D eigenvalue weighted by Gasteiger charge is 2.30. The van der Waals surface area contributed by atoms with Gasteiger partial charge in [0.2, 0.25) is 0 Å². The van der Waals surface area contributed by atoms with Crippen molar-refractivity contribution in [2.45, 2.75) is 0 Å². The standard InChI is InChI=1S/C21H13NO7/c23-19(24)11-4-7-13(8-5-11)22-15-9-6-12(20(25)26)10-17(15)29-18-14(21(27)28)2-1-3-16(18)22/h1-10H,(H,23,24)(H,25,26)(H,27,28). The van der Waals surface area contributed by atoms with Crippen LogP contribution in [0.1, 0.15) is 31.1 Å². The molecule has 0 atom stereocenters. The predicted octanol–water partition coefficient (Wildman–Crippen LogP) is 4.36. The number of carbonyl (C=O) groups is 3. The third kappa shape index (κ3) is 3.02. The SMILES string of the molecule is O=C(O)c1ccc(N2c3ccc(C(=O)O)cc3Oc3c(C(=O)O)cccc32)cc1. The molecular formula is C21H13NO7. The van der Waals surface area contributed by atoms with E-state index in [0.29, 0.717) is 17.1 Å². The van der Waals surface area contributed by atoms with E-state index in [-0.39, 0.29) is 28.2 Å². The first-order valence-electron chi connectivity index (χ1n) is 8.42. The zero-order chi connectivity index (χ0) is 20.7. The van der Waals surface area contributed by atoms with Crippen LogP contribution >= 0.6 is 0 Å². The molecule has 0 amide bonds. The van der Waals surface area contributed by atoms with Crippen LogP contribution in [0.3, 0.4) is 0 Å². The van der Waals surface area contributed by atoms with Gasteiger partial charge in [-0.1, -0.05) is 6.07 Å². The van der Waals surface area contributed by atoms with Crippen molar-refractivity contribution in [3.05, 3.63) is 77.4 Å². The first kappa shape index (κ1) is 18.1. The van der Waals surface area contributed by atoms with Crippen molar-refractivity contribution in [2.24, 2.45) is 0 Å². The highest BCUT2D eigenvalue weighted by Crippen LogP contribution is 2.51. The Bertz CT molecular complexity index is 1170. The van der Waals surface area contributed by atoms with Gasteiger partial charge in [-0.3, -0.25) is 0 Å². The van der Waals surface area contributed by atoms with Crippen LogP contribution in [0.4, 0.5) is 17.1 Å². The summed E-state index contributed by atoms with van der Waals surface area (Å²) in [5.41, 5.74) is 1.49. The van der Waals surface area contributed by atoms with E-state index < -0.39 is 17.9 Å². The molecule has 0 aliphatic carbocycles. The van der Waals surface area contributed by atoms with E-state index in [4.69, 9.17) is 9.84 Å². The van der Waals surface area contributed by atoms with Gasteiger partial charge in [0.05, 0.1) is 22.5 Å². The molecule has 8 heteroatoms. The summed E-state index contributed by atoms with van der Waals surface area (Å²) in [5, 5.41) is 27.9. The average molecular weight is 391 g/mol. The highest BCUT2D eigenvalue weighted by atomic mass is 16.5. The Morgan fingerprint density at radius 1 is 0.724 bits per heavy atom. The number of anilines is 3. The van der Waals surface area contributed by atoms with Crippen LogP contribution in [0.5, 0.6) is 11.5 Å². The Morgan fingerprint density at radius 2 is 1.38 bits per heavy atom. The second-order valence-corrected chi connectivity index (χ2v) is 6.24. The summed E-state index contributed by atoms with van der Waals surface area (Å²) in [6.07, 6.45) is 0. The van der Waals surface area contributed by atoms with E-state index in [1.165, 1.54) is 30.3 Å². The van der Waals surface area contributed by atoms with Gasteiger partial charge in [0.25, 0.3) is 0 Å². The normalized spacial score (nSPS) is 11.8. The topological polar surface area (TPSA) is 124 Å². The number of ether oxygens (including phenoxy) is 1. The summed E-state index contributed by atoms with van der Waals surface area (Å²) in [4.78, 5) is 35.9. The van der Waals surface area contributed by atoms with Crippen LogP contribution in [-0.2, 0) is 0 Å². The van der Waals surface area contributed by atoms with Crippen molar-refractivity contribution in [3.63, 3.8) is 0 Å². The molecule has 0 radical (unpaired) electrons. The molecule has 1 aliphatic heterocycles. The molecule has 0 aromatic heterocycles. The molecule has 4 rings (SSSR count). The molecule has 29 heavy (non-hydrogen) atoms. The lowest BCUT2D eigenvalue weighted by molar-refractivity contribution is 0.0683. The zero-order valence-electron chi connectivity index (χ0n) is 14.7. The Kier molecular flexibility index (Phi) is 4.16. The number of fused-ring (bicyclic) bond motifs is 2. The lowest BCUT2D eigenvalue weighted by Gasteiger charge is -2.33. The molecule has 3 aromatic carbocycles. The number of hydrogen-bond acceptors (Lipinski definition) is 5. The van der Waals surface area contributed by atoms with Crippen LogP contribution in [-0.4, -0.2) is 33.2 Å². The van der Waals surface area contributed by atoms with Gasteiger partial charge in [0.15, 0.2) is 11.5 Å². The number of nitrogens with zero attached hydrogens (tertiary/aromatic N) is 1. The maximum Gasteiger partial charge on any atom is 0.339 e. The first-order valence-corrected chi connectivity index (χ1v) is 8.42. The largest absolute Gasteiger partial charge is 0.478 e. The number of carboxylic acid groups (broad SMARTS) is 3. The van der Waals surface area contributed by atoms with E-state index in [1.54, 1.807) is 35.2 Å². The number of aromatic carboxylic acids is 3. The van der Waals surface area contributed by atoms with Crippen molar-refractivity contribution in [2.75, 3.05) is 4.90 Å². The number of hydrogen-bond donors (Lipinski definition) is 3. The molecule has 0 fully saturated rings. The van der Waals surface area contributed by atoms with E-state index >= 15 is 0 Å². The summed E-state index contributed by atoms with van der Waals surface area (Å²) < 4.78 is 5.79. The molecule has 3 N–H and O–H groups in total. The van der Waals surface area contributed by atoms with Crippen LogP contribution < -0.4 is 9.64 Å². The van der Waals surface area contributed by atoms with Gasteiger partial charge in [0.1, 0.15) is 5.56 Å². The van der Waals surface area contributed by atoms with Gasteiger partial charge in [0, 0.05) is 5.69 Å². The number of para-hydroxylation sites is 1. The third-order valence-corrected chi connectivity index (χ3v) is 4.50. The van der Waals surface area contributed by atoms with Gasteiger partial charge in [-0.15, -0.1) is 0 Å². The molecule has 0 saturated carbocycles. The molecular weight excluding hydrogens is 378 g/mol. The Balaban J connectivity index is 1.95. The van der Waals surface area contributed by atoms with E-state index in [2.05, 4.69) is 0 Å². The lowest BCUT2D eigenvalue weighted by Crippen LogP contribution is -2.18. The van der Waals surface area contributed by atoms with Crippen LogP contribution in [0.2, 0.25) is 0 Å². The van der Waals surface area contributed by atoms with Crippen LogP contribution in [0, 0.1) is 0 Å². The lowest BCUT2D eigenvalue weighted by atomic mass is 10.1. The van der Waals surface area contributed by atoms with Crippen molar-refractivity contribution >= 4 is 35.0 Å². The predicted molar refractivity (Wildman–Crippen MR) is 102 cm³/mol. The fraction of sp³-hybridized carbons (Fsp3) is 0. The van der Waals surface area contributed by atoms with E-state index in [9.17, 15) is 24.6 Å². The summed E-state index contributed by atoms with van der Waals surface area (Å²) in [6, 6.07) is 14.9. The van der Waals surface area contributed by atoms with Gasteiger partial charge in [-0.25, -0.2) is 14.4 Å². The fourth-order valence-corrected chi connectivity index (χ4v) is 3.16. The molecule has 1 heterocycles. The molecule has 3 aromatic rings. The second kappa shape index (κ2) is 6.68. The van der Waals surface area contributed by atoms with Crippen molar-refractivity contribution in [1.82, 2.24) is 0 Å². The Morgan fingerprint density at radius 3 is 2.00 bits per heavy atom. The Labute approximate surface area is 163 Å². The summed E-state index contributed by atoms with van der Waals surface area (Å²) in [7, 11) is 0. The number of carboxylic acids is 3. The van der Waals surface area contributed by atoms with Crippen molar-refractivity contribution < 1.29 is 34.4 Å². The molecule has 0 spiro atoms. The highest BCUT2D eigenvalue weighted by molar-refractivity contribution is 5.98. The van der Waals surface area contributed by atoms with E-state index in [1.807, 2.05) is 0 Å². The maximum absolute atomic E-state index is 11.7. The second-order valence-electron chi connectivity index (χ2n) is 6.24. The minimum absolute atomic E-state index is 0.0128. The fourth-order valence-electron chi connectivity index (χ4n) is 3.16. The summed E-state index contributed by atoms with van der Waals surface area (Å²) in [6.45, 7) is 0.